The van der Waals surface area contributed by atoms with Gasteiger partial charge in [-0.25, -0.2) is 0 Å². The van der Waals surface area contributed by atoms with Gasteiger partial charge in [-0.05, 0) is 0 Å². The second kappa shape index (κ2) is 2.59. The Balaban J connectivity index is 0.000000640. The molecule has 1 aromatic heterocycles. The first-order valence-corrected chi connectivity index (χ1v) is 2.21. The van der Waals surface area contributed by atoms with E-state index in [0.29, 0.717) is 5.82 Å². The third-order valence-electron chi connectivity index (χ3n) is 0.906. The number of H-pyrrole nitrogens is 1. The van der Waals surface area contributed by atoms with Crippen LogP contribution in [-0.2, 0) is 7.05 Å². The highest BCUT2D eigenvalue weighted by Gasteiger charge is 1.90. The van der Waals surface area contributed by atoms with Crippen molar-refractivity contribution in [3.05, 3.63) is 16.4 Å². The number of aryl methyl sites for hydroxylation is 1. The molecule has 0 aliphatic carbocycles. The molecule has 0 radical (unpaired) electrons. The molecule has 0 aliphatic rings. The number of hydrogen-bond acceptors (Lipinski definition) is 2. The van der Waals surface area contributed by atoms with Gasteiger partial charge >= 0.3 is 0 Å². The molecular formula is C4H8ClN3O. The Kier molecular flexibility index (Phi) is 2.33. The van der Waals surface area contributed by atoms with Crippen LogP contribution in [0.4, 0.5) is 5.82 Å². The first kappa shape index (κ1) is 8.10. The van der Waals surface area contributed by atoms with Crippen molar-refractivity contribution in [2.24, 2.45) is 7.05 Å². The molecule has 0 aliphatic heterocycles. The van der Waals surface area contributed by atoms with Crippen molar-refractivity contribution in [2.45, 2.75) is 0 Å². The summed E-state index contributed by atoms with van der Waals surface area (Å²) in [5, 5.41) is 2.59. The number of hydrogen-bond donors (Lipinski definition) is 2. The lowest BCUT2D eigenvalue weighted by molar-refractivity contribution is 0.743. The maximum absolute atomic E-state index is 10.5. The highest BCUT2D eigenvalue weighted by molar-refractivity contribution is 5.85. The van der Waals surface area contributed by atoms with Gasteiger partial charge in [-0.15, -0.1) is 12.4 Å². The number of rotatable bonds is 0. The van der Waals surface area contributed by atoms with Gasteiger partial charge in [-0.1, -0.05) is 0 Å². The number of halogens is 1. The first-order valence-electron chi connectivity index (χ1n) is 2.21. The normalized spacial score (nSPS) is 8.56. The summed E-state index contributed by atoms with van der Waals surface area (Å²) in [6, 6.07) is 1.33. The van der Waals surface area contributed by atoms with Gasteiger partial charge in [0.05, 0.1) is 0 Å². The third-order valence-corrected chi connectivity index (χ3v) is 0.906. The molecule has 52 valence electrons. The number of nitrogens with two attached hydrogens (primary N) is 1. The summed E-state index contributed by atoms with van der Waals surface area (Å²) in [5.41, 5.74) is 5.09. The van der Waals surface area contributed by atoms with Gasteiger partial charge in [0.1, 0.15) is 5.82 Å². The van der Waals surface area contributed by atoms with E-state index in [0.717, 1.165) is 0 Å². The van der Waals surface area contributed by atoms with Crippen LogP contribution in [0.3, 0.4) is 0 Å². The van der Waals surface area contributed by atoms with Gasteiger partial charge in [0.25, 0.3) is 5.56 Å². The number of nitrogens with one attached hydrogen (secondary N) is 1. The molecule has 0 saturated carbocycles. The summed E-state index contributed by atoms with van der Waals surface area (Å²) < 4.78 is 1.31. The van der Waals surface area contributed by atoms with Crippen LogP contribution in [0.2, 0.25) is 0 Å². The zero-order valence-electron chi connectivity index (χ0n) is 4.92. The molecule has 0 bridgehead atoms. The SMILES string of the molecule is Cl.Cn1[nH]c(N)cc1=O. The van der Waals surface area contributed by atoms with E-state index in [-0.39, 0.29) is 18.0 Å². The summed E-state index contributed by atoms with van der Waals surface area (Å²) in [6.07, 6.45) is 0. The quantitative estimate of drug-likeness (QED) is 0.533. The van der Waals surface area contributed by atoms with E-state index >= 15 is 0 Å². The molecule has 0 spiro atoms. The predicted octanol–water partition coefficient (Wildman–Crippen LogP) is -0.283. The summed E-state index contributed by atoms with van der Waals surface area (Å²) in [6.45, 7) is 0. The van der Waals surface area contributed by atoms with Crippen molar-refractivity contribution >= 4 is 18.2 Å². The van der Waals surface area contributed by atoms with E-state index < -0.39 is 0 Å². The summed E-state index contributed by atoms with van der Waals surface area (Å²) >= 11 is 0. The van der Waals surface area contributed by atoms with Crippen molar-refractivity contribution in [2.75, 3.05) is 5.73 Å². The fourth-order valence-electron chi connectivity index (χ4n) is 0.511. The maximum atomic E-state index is 10.5. The second-order valence-corrected chi connectivity index (χ2v) is 1.61. The highest BCUT2D eigenvalue weighted by atomic mass is 35.5. The average Bonchev–Trinajstić information content (AvgIpc) is 1.85. The van der Waals surface area contributed by atoms with Gasteiger partial charge in [0, 0.05) is 13.1 Å². The van der Waals surface area contributed by atoms with E-state index in [1.807, 2.05) is 0 Å². The Morgan fingerprint density at radius 1 is 1.78 bits per heavy atom. The second-order valence-electron chi connectivity index (χ2n) is 1.61. The van der Waals surface area contributed by atoms with E-state index in [9.17, 15) is 4.79 Å². The minimum Gasteiger partial charge on any atom is -0.384 e. The molecule has 0 amide bonds. The van der Waals surface area contributed by atoms with Gasteiger partial charge in [0.2, 0.25) is 0 Å². The molecule has 0 saturated heterocycles. The molecule has 0 fully saturated rings. The van der Waals surface area contributed by atoms with E-state index in [1.54, 1.807) is 7.05 Å². The molecule has 1 heterocycles. The summed E-state index contributed by atoms with van der Waals surface area (Å²) in [5.74, 6) is 0.400. The topological polar surface area (TPSA) is 63.8 Å². The largest absolute Gasteiger partial charge is 0.384 e. The lowest BCUT2D eigenvalue weighted by Crippen LogP contribution is -2.09. The van der Waals surface area contributed by atoms with Crippen molar-refractivity contribution in [3.8, 4) is 0 Å². The molecule has 0 aromatic carbocycles. The van der Waals surface area contributed by atoms with Crippen LogP contribution in [0.5, 0.6) is 0 Å². The molecule has 5 heteroatoms. The van der Waals surface area contributed by atoms with E-state index in [2.05, 4.69) is 5.10 Å². The fraction of sp³-hybridized carbons (Fsp3) is 0.250. The summed E-state index contributed by atoms with van der Waals surface area (Å²) in [4.78, 5) is 10.5. The predicted molar refractivity (Wildman–Crippen MR) is 37.7 cm³/mol. The van der Waals surface area contributed by atoms with Gasteiger partial charge in [-0.2, -0.15) is 0 Å². The van der Waals surface area contributed by atoms with E-state index in [4.69, 9.17) is 5.73 Å². The first-order chi connectivity index (χ1) is 3.70. The van der Waals surface area contributed by atoms with Crippen LogP contribution in [0.1, 0.15) is 0 Å². The fourth-order valence-corrected chi connectivity index (χ4v) is 0.511. The Labute approximate surface area is 58.1 Å². The summed E-state index contributed by atoms with van der Waals surface area (Å²) in [7, 11) is 1.61. The molecule has 0 atom stereocenters. The highest BCUT2D eigenvalue weighted by Crippen LogP contribution is 1.83. The average molecular weight is 150 g/mol. The molecule has 1 aromatic rings. The minimum atomic E-state index is -0.109. The van der Waals surface area contributed by atoms with Crippen LogP contribution >= 0.6 is 12.4 Å². The zero-order chi connectivity index (χ0) is 6.15. The van der Waals surface area contributed by atoms with Crippen LogP contribution < -0.4 is 11.3 Å². The van der Waals surface area contributed by atoms with Gasteiger partial charge in [0.15, 0.2) is 0 Å². The van der Waals surface area contributed by atoms with Crippen LogP contribution in [-0.4, -0.2) is 9.78 Å². The van der Waals surface area contributed by atoms with Gasteiger partial charge in [-0.3, -0.25) is 14.6 Å². The Morgan fingerprint density at radius 3 is 2.44 bits per heavy atom. The van der Waals surface area contributed by atoms with Crippen molar-refractivity contribution < 1.29 is 0 Å². The molecule has 0 unspecified atom stereocenters. The molecule has 1 rings (SSSR count). The van der Waals surface area contributed by atoms with Crippen molar-refractivity contribution in [1.82, 2.24) is 9.78 Å². The van der Waals surface area contributed by atoms with E-state index in [1.165, 1.54) is 10.7 Å². The number of nitrogen functional groups attached to an aromatic ring is 1. The number of anilines is 1. The number of aromatic nitrogens is 2. The lowest BCUT2D eigenvalue weighted by atomic mass is 10.7. The molecule has 9 heavy (non-hydrogen) atoms. The monoisotopic (exact) mass is 149 g/mol. The number of nitrogens with zero attached hydrogens (tertiary/aromatic N) is 1. The molecular weight excluding hydrogens is 142 g/mol. The smallest absolute Gasteiger partial charge is 0.268 e. The Morgan fingerprint density at radius 2 is 2.33 bits per heavy atom. The van der Waals surface area contributed by atoms with Crippen LogP contribution in [0.25, 0.3) is 0 Å². The zero-order valence-corrected chi connectivity index (χ0v) is 5.73. The molecule has 3 N–H and O–H groups in total. The van der Waals surface area contributed by atoms with Gasteiger partial charge < -0.3 is 5.73 Å². The number of aromatic amines is 1. The molecule has 4 nitrogen and oxygen atoms in total. The maximum Gasteiger partial charge on any atom is 0.268 e. The minimum absolute atomic E-state index is 0. The van der Waals surface area contributed by atoms with Crippen LogP contribution in [0, 0.1) is 0 Å². The Bertz CT molecular complexity index is 238. The Hall–Kier alpha value is -0.900. The third kappa shape index (κ3) is 1.50. The van der Waals surface area contributed by atoms with Crippen LogP contribution in [0.15, 0.2) is 10.9 Å². The van der Waals surface area contributed by atoms with Crippen molar-refractivity contribution in [3.63, 3.8) is 0 Å². The van der Waals surface area contributed by atoms with Crippen molar-refractivity contribution in [1.29, 1.82) is 0 Å². The standard InChI is InChI=1S/C4H7N3O.ClH/c1-7-4(8)2-3(5)6-7;/h2,6H,5H2,1H3;1H. The lowest BCUT2D eigenvalue weighted by Gasteiger charge is -1.83.